The van der Waals surface area contributed by atoms with Gasteiger partial charge in [0.25, 0.3) is 0 Å². The lowest BCUT2D eigenvalue weighted by Gasteiger charge is -2.20. The van der Waals surface area contributed by atoms with Gasteiger partial charge in [0.05, 0.1) is 0 Å². The van der Waals surface area contributed by atoms with Crippen molar-refractivity contribution in [1.82, 2.24) is 0 Å². The van der Waals surface area contributed by atoms with Gasteiger partial charge in [0.15, 0.2) is 0 Å². The van der Waals surface area contributed by atoms with E-state index in [9.17, 15) is 4.79 Å². The molecule has 0 radical (unpaired) electrons. The predicted octanol–water partition coefficient (Wildman–Crippen LogP) is 1.44. The number of hydrogen-bond acceptors (Lipinski definition) is 4. The highest BCUT2D eigenvalue weighted by Crippen LogP contribution is 2.06. The van der Waals surface area contributed by atoms with Crippen LogP contribution in [0.25, 0.3) is 0 Å². The minimum absolute atomic E-state index is 0.326. The highest BCUT2D eigenvalue weighted by molar-refractivity contribution is 7.98. The fraction of sp³-hybridized carbons (Fsp3) is 0.875. The molecular weight excluding hydrogens is 202 g/mol. The van der Waals surface area contributed by atoms with Gasteiger partial charge >= 0.3 is 5.97 Å². The molecular formula is C8H19NO2SSi. The zero-order valence-corrected chi connectivity index (χ0v) is 10.1. The van der Waals surface area contributed by atoms with Crippen LogP contribution in [0.5, 0.6) is 0 Å². The number of carbonyl (C=O) groups is 1. The van der Waals surface area contributed by atoms with Crippen LogP contribution in [0.15, 0.2) is 0 Å². The molecule has 0 aromatic rings. The molecule has 0 rings (SSSR count). The molecule has 0 aromatic heterocycles. The largest absolute Gasteiger partial charge is 0.519 e. The van der Waals surface area contributed by atoms with Crippen molar-refractivity contribution in [3.05, 3.63) is 0 Å². The van der Waals surface area contributed by atoms with E-state index in [0.29, 0.717) is 12.2 Å². The summed E-state index contributed by atoms with van der Waals surface area (Å²) in [5.41, 5.74) is 5.60. The van der Waals surface area contributed by atoms with Crippen molar-refractivity contribution in [3.63, 3.8) is 0 Å². The van der Waals surface area contributed by atoms with Crippen molar-refractivity contribution in [1.29, 1.82) is 0 Å². The van der Waals surface area contributed by atoms with Crippen molar-refractivity contribution in [2.75, 3.05) is 11.9 Å². The molecule has 0 aromatic carbocycles. The van der Waals surface area contributed by atoms with Crippen molar-refractivity contribution < 1.29 is 13.3 Å². The smallest absolute Gasteiger partial charge is 0.309 e. The van der Waals surface area contributed by atoms with E-state index in [1.807, 2.05) is 19.6 Å². The highest BCUT2D eigenvalue weighted by atomic mass is 32.2. The summed E-state index contributed by atoms with van der Waals surface area (Å²) < 4.78 is 26.1. The Labute approximate surface area is 89.8 Å². The van der Waals surface area contributed by atoms with Crippen LogP contribution in [0, 0.1) is 0 Å². The lowest BCUT2D eigenvalue weighted by molar-refractivity contribution is -0.136. The molecule has 0 amide bonds. The number of nitrogens with two attached hydrogens (primary N) is 1. The van der Waals surface area contributed by atoms with Gasteiger partial charge in [0, 0.05) is 4.11 Å². The topological polar surface area (TPSA) is 52.3 Å². The van der Waals surface area contributed by atoms with Gasteiger partial charge in [-0.25, -0.2) is 0 Å². The van der Waals surface area contributed by atoms with Crippen LogP contribution in [0.1, 0.15) is 10.5 Å². The van der Waals surface area contributed by atoms with Gasteiger partial charge in [0.2, 0.25) is 8.32 Å². The second kappa shape index (κ2) is 5.67. The summed E-state index contributed by atoms with van der Waals surface area (Å²) in [4.78, 5) is 11.5. The molecule has 0 spiro atoms. The van der Waals surface area contributed by atoms with E-state index in [2.05, 4.69) is 0 Å². The Hall–Kier alpha value is -0.00312. The van der Waals surface area contributed by atoms with E-state index >= 15 is 0 Å². The molecule has 0 fully saturated rings. The molecule has 13 heavy (non-hydrogen) atoms. The van der Waals surface area contributed by atoms with Crippen molar-refractivity contribution >= 4 is 26.0 Å². The summed E-state index contributed by atoms with van der Waals surface area (Å²) in [5, 5.41) is 0. The molecule has 0 aliphatic carbocycles. The van der Waals surface area contributed by atoms with Crippen LogP contribution in [-0.2, 0) is 9.22 Å². The second-order valence-electron chi connectivity index (χ2n) is 3.78. The van der Waals surface area contributed by atoms with Crippen LogP contribution in [0.4, 0.5) is 0 Å². The fourth-order valence-corrected chi connectivity index (χ4v) is 1.81. The molecule has 1 atom stereocenters. The molecule has 3 nitrogen and oxygen atoms in total. The molecule has 2 N–H and O–H groups in total. The van der Waals surface area contributed by atoms with E-state index in [4.69, 9.17) is 14.3 Å². The summed E-state index contributed by atoms with van der Waals surface area (Å²) in [5.74, 6) is -0.0938. The zero-order valence-electron chi connectivity index (χ0n) is 11.3. The number of rotatable bonds is 5. The maximum absolute atomic E-state index is 11.5. The van der Waals surface area contributed by atoms with Crippen LogP contribution in [0.2, 0.25) is 19.6 Å². The third kappa shape index (κ3) is 7.10. The van der Waals surface area contributed by atoms with Crippen LogP contribution < -0.4 is 5.73 Å². The standard InChI is InChI=1S/C8H19NO2SSi/c1-12-6-5-7(9)8(10)11-13(2,3)4/h7H,5-6,9H2,1-4H3/i1D3. The lowest BCUT2D eigenvalue weighted by Crippen LogP contribution is -2.39. The zero-order chi connectivity index (χ0) is 13.0. The first kappa shape index (κ1) is 8.32. The van der Waals surface area contributed by atoms with Gasteiger partial charge in [-0.2, -0.15) is 11.8 Å². The minimum Gasteiger partial charge on any atom is -0.519 e. The Kier molecular flexibility index (Phi) is 3.63. The Morgan fingerprint density at radius 3 is 2.77 bits per heavy atom. The average Bonchev–Trinajstić information content (AvgIpc) is 1.98. The van der Waals surface area contributed by atoms with Gasteiger partial charge in [-0.1, -0.05) is 0 Å². The normalized spacial score (nSPS) is 18.3. The van der Waals surface area contributed by atoms with Crippen molar-refractivity contribution in [2.24, 2.45) is 5.73 Å². The maximum atomic E-state index is 11.5. The van der Waals surface area contributed by atoms with Gasteiger partial charge in [-0.3, -0.25) is 4.79 Å². The number of thioether (sulfide) groups is 1. The molecule has 0 saturated carbocycles. The molecule has 0 aliphatic heterocycles. The van der Waals surface area contributed by atoms with Crippen LogP contribution in [-0.4, -0.2) is 32.3 Å². The monoisotopic (exact) mass is 224 g/mol. The van der Waals surface area contributed by atoms with Gasteiger partial charge in [0.1, 0.15) is 6.04 Å². The first-order valence-electron chi connectivity index (χ1n) is 5.64. The van der Waals surface area contributed by atoms with E-state index in [1.54, 1.807) is 0 Å². The van der Waals surface area contributed by atoms with Crippen LogP contribution in [0.3, 0.4) is 0 Å². The Bertz CT molecular complexity index is 242. The summed E-state index contributed by atoms with van der Waals surface area (Å²) in [6.07, 6.45) is -1.70. The van der Waals surface area contributed by atoms with E-state index in [0.717, 1.165) is 11.8 Å². The van der Waals surface area contributed by atoms with Crippen molar-refractivity contribution in [2.45, 2.75) is 32.1 Å². The first-order chi connectivity index (χ1) is 7.01. The quantitative estimate of drug-likeness (QED) is 0.718. The molecule has 5 heteroatoms. The van der Waals surface area contributed by atoms with Gasteiger partial charge in [-0.15, -0.1) is 0 Å². The average molecular weight is 224 g/mol. The lowest BCUT2D eigenvalue weighted by atomic mass is 10.2. The van der Waals surface area contributed by atoms with Gasteiger partial charge in [-0.05, 0) is 38.0 Å². The highest BCUT2D eigenvalue weighted by Gasteiger charge is 2.23. The third-order valence-electron chi connectivity index (χ3n) is 1.24. The second-order valence-corrected chi connectivity index (χ2v) is 8.90. The Balaban J connectivity index is 3.89. The van der Waals surface area contributed by atoms with Crippen LogP contribution >= 0.6 is 11.8 Å². The number of hydrogen-bond donors (Lipinski definition) is 1. The molecule has 0 saturated heterocycles. The molecule has 0 heterocycles. The molecule has 78 valence electrons. The predicted molar refractivity (Wildman–Crippen MR) is 60.4 cm³/mol. The molecule has 0 bridgehead atoms. The molecule has 1 unspecified atom stereocenters. The summed E-state index contributed by atoms with van der Waals surface area (Å²) >= 11 is 0.821. The summed E-state index contributed by atoms with van der Waals surface area (Å²) in [6.45, 7) is 5.69. The first-order valence-corrected chi connectivity index (χ1v) is 8.53. The van der Waals surface area contributed by atoms with E-state index < -0.39 is 26.5 Å². The Morgan fingerprint density at radius 1 is 1.69 bits per heavy atom. The third-order valence-corrected chi connectivity index (χ3v) is 2.49. The SMILES string of the molecule is [2H]C([2H])([2H])SCCC(N)C(=O)O[Si](C)(C)C. The summed E-state index contributed by atoms with van der Waals surface area (Å²) in [6, 6.07) is -0.721. The minimum atomic E-state index is -2.03. The van der Waals surface area contributed by atoms with Gasteiger partial charge < -0.3 is 10.2 Å². The fourth-order valence-electron chi connectivity index (χ4n) is 0.681. The van der Waals surface area contributed by atoms with E-state index in [1.165, 1.54) is 0 Å². The summed E-state index contributed by atoms with van der Waals surface area (Å²) in [7, 11) is -1.91. The Morgan fingerprint density at radius 2 is 2.31 bits per heavy atom. The molecule has 0 aliphatic rings. The maximum Gasteiger partial charge on any atom is 0.309 e. The number of carbonyl (C=O) groups excluding carboxylic acids is 1. The van der Waals surface area contributed by atoms with E-state index in [-0.39, 0.29) is 0 Å². The van der Waals surface area contributed by atoms with Crippen molar-refractivity contribution in [3.8, 4) is 0 Å².